The first-order valence-electron chi connectivity index (χ1n) is 28.1. The highest BCUT2D eigenvalue weighted by molar-refractivity contribution is 5.96. The molecule has 1 aliphatic carbocycles. The second kappa shape index (κ2) is 29.8. The molecule has 10 heteroatoms. The molecule has 0 saturated heterocycles. The summed E-state index contributed by atoms with van der Waals surface area (Å²) in [5.41, 5.74) is 7.56. The van der Waals surface area contributed by atoms with Crippen molar-refractivity contribution in [3.63, 3.8) is 0 Å². The summed E-state index contributed by atoms with van der Waals surface area (Å²) >= 11 is 0. The molecule has 5 atom stereocenters. The summed E-state index contributed by atoms with van der Waals surface area (Å²) in [7, 11) is 0. The minimum absolute atomic E-state index is 0.256. The van der Waals surface area contributed by atoms with E-state index in [1.807, 2.05) is 91.0 Å². The number of nitrogens with zero attached hydrogens (tertiary/aromatic N) is 5. The lowest BCUT2D eigenvalue weighted by molar-refractivity contribution is 0.256. The maximum atomic E-state index is 11.0. The Morgan fingerprint density at radius 2 is 0.550 bits per heavy atom. The lowest BCUT2D eigenvalue weighted by Gasteiger charge is -2.15. The van der Waals surface area contributed by atoms with Crippen molar-refractivity contribution < 1.29 is 23.7 Å². The molecular weight excluding hydrogens is 991 g/mol. The van der Waals surface area contributed by atoms with Crippen LogP contribution in [0.3, 0.4) is 0 Å². The Balaban J connectivity index is 1.73. The van der Waals surface area contributed by atoms with Crippen molar-refractivity contribution in [2.75, 3.05) is 33.0 Å². The molecule has 10 bridgehead atoms. The van der Waals surface area contributed by atoms with Crippen molar-refractivity contribution in [2.45, 2.75) is 101 Å². The van der Waals surface area contributed by atoms with Gasteiger partial charge in [-0.1, -0.05) is 120 Å². The van der Waals surface area contributed by atoms with E-state index < -0.39 is 0 Å². The maximum Gasteiger partial charge on any atom is 0.195 e. The van der Waals surface area contributed by atoms with Crippen molar-refractivity contribution in [2.24, 2.45) is 29.6 Å². The van der Waals surface area contributed by atoms with Gasteiger partial charge in [0.05, 0.1) is 76.0 Å². The van der Waals surface area contributed by atoms with Gasteiger partial charge >= 0.3 is 0 Å². The normalized spacial score (nSPS) is 16.8. The van der Waals surface area contributed by atoms with E-state index in [-0.39, 0.29) is 29.6 Å². The molecule has 0 unspecified atom stereocenters. The molecule has 0 N–H and O–H groups in total. The summed E-state index contributed by atoms with van der Waals surface area (Å²) in [5.74, 6) is 3.99. The summed E-state index contributed by atoms with van der Waals surface area (Å²) in [6, 6.07) is 32.9. The Morgan fingerprint density at radius 1 is 0.338 bits per heavy atom. The van der Waals surface area contributed by atoms with Gasteiger partial charge < -0.3 is 23.7 Å². The molecule has 0 aliphatic heterocycles. The van der Waals surface area contributed by atoms with Crippen molar-refractivity contribution in [3.05, 3.63) is 181 Å². The predicted molar refractivity (Wildman–Crippen MR) is 327 cm³/mol. The van der Waals surface area contributed by atoms with E-state index in [4.69, 9.17) is 43.4 Å². The maximum absolute atomic E-state index is 11.0. The fourth-order valence-corrected chi connectivity index (χ4v) is 8.19. The monoisotopic (exact) mass is 1070 g/mol. The van der Waals surface area contributed by atoms with Crippen LogP contribution in [0.4, 0.5) is 0 Å². The van der Waals surface area contributed by atoms with Crippen LogP contribution < -0.4 is 23.7 Å². The lowest BCUT2D eigenvalue weighted by atomic mass is 9.96. The average Bonchev–Trinajstić information content (AvgIpc) is 3.48. The second-order valence-corrected chi connectivity index (χ2v) is 21.3. The van der Waals surface area contributed by atoms with Crippen LogP contribution in [-0.2, 0) is 0 Å². The number of allylic oxidation sites excluding steroid dienone is 2. The van der Waals surface area contributed by atoms with E-state index in [1.54, 1.807) is 30.4 Å². The van der Waals surface area contributed by atoms with Crippen molar-refractivity contribution in [1.82, 2.24) is 0 Å². The van der Waals surface area contributed by atoms with E-state index in [1.165, 1.54) is 0 Å². The number of nitriles is 2. The number of hydrogen-bond acceptors (Lipinski definition) is 7. The third kappa shape index (κ3) is 17.4. The fraction of sp³-hybridized carbons (Fsp3) is 0.357. The molecule has 0 spiro atoms. The van der Waals surface area contributed by atoms with Crippen LogP contribution in [0.2, 0.25) is 0 Å². The summed E-state index contributed by atoms with van der Waals surface area (Å²) in [6.07, 6.45) is 13.5. The largest absolute Gasteiger partial charge is 0.493 e. The highest BCUT2D eigenvalue weighted by atomic mass is 16.5. The number of hydrogen-bond donors (Lipinski definition) is 0. The Hall–Kier alpha value is -8.75. The van der Waals surface area contributed by atoms with Gasteiger partial charge in [0.25, 0.3) is 0 Å². The predicted octanol–water partition coefficient (Wildman–Crippen LogP) is 18.5. The summed E-state index contributed by atoms with van der Waals surface area (Å²) < 4.78 is 32.2. The lowest BCUT2D eigenvalue weighted by Crippen LogP contribution is -2.07. The smallest absolute Gasteiger partial charge is 0.195 e. The molecule has 6 rings (SSSR count). The van der Waals surface area contributed by atoms with Gasteiger partial charge in [-0.2, -0.15) is 10.5 Å². The molecule has 0 heterocycles. The molecule has 1 aliphatic rings. The van der Waals surface area contributed by atoms with Crippen molar-refractivity contribution in [1.29, 1.82) is 10.5 Å². The molecule has 410 valence electrons. The molecule has 0 radical (unpaired) electrons. The van der Waals surface area contributed by atoms with E-state index in [9.17, 15) is 10.5 Å². The Morgan fingerprint density at radius 3 is 0.762 bits per heavy atom. The second-order valence-electron chi connectivity index (χ2n) is 21.3. The number of fused-ring (bicyclic) bond motifs is 10. The minimum atomic E-state index is 0.256. The SMILES string of the molecule is [C-]#[N+]/C1=C\c2cc(OC[C@@H](C)CC)cc(c2)/C([N+]#[C-])=C/c2cc(OC[C@@H](C)CC)cc(c2)/C([N+]#[C-])=C/c2cc(OC[C@@H](C)CC)cc(c2)/C(C#N)=C/c2cc(OC[C@@H](C)CC)cc(c2)C(C#N)=Cc2cc(OC[C@@H](C)CC)cc1c2. The quantitative estimate of drug-likeness (QED) is 0.0715. The van der Waals surface area contributed by atoms with Crippen molar-refractivity contribution in [3.8, 4) is 40.9 Å². The number of benzene rings is 5. The van der Waals surface area contributed by atoms with E-state index >= 15 is 0 Å². The molecular formula is C70H75N5O5. The minimum Gasteiger partial charge on any atom is -0.493 e. The fourth-order valence-electron chi connectivity index (χ4n) is 8.19. The van der Waals surface area contributed by atoms with Gasteiger partial charge in [-0.15, -0.1) is 0 Å². The zero-order valence-electron chi connectivity index (χ0n) is 48.3. The summed E-state index contributed by atoms with van der Waals surface area (Å²) in [5, 5.41) is 22.0. The van der Waals surface area contributed by atoms with E-state index in [2.05, 4.69) is 95.9 Å². The third-order valence-electron chi connectivity index (χ3n) is 14.4. The van der Waals surface area contributed by atoms with Crippen molar-refractivity contribution >= 4 is 58.6 Å². The van der Waals surface area contributed by atoms with Crippen LogP contribution in [0.5, 0.6) is 28.7 Å². The van der Waals surface area contributed by atoms with Gasteiger partial charge in [0, 0.05) is 0 Å². The zero-order chi connectivity index (χ0) is 57.7. The van der Waals surface area contributed by atoms with Crippen LogP contribution in [-0.4, -0.2) is 33.0 Å². The number of ether oxygens (including phenoxy) is 5. The molecule has 80 heavy (non-hydrogen) atoms. The Kier molecular flexibility index (Phi) is 22.6. The van der Waals surface area contributed by atoms with E-state index in [0.29, 0.717) is 146 Å². The standard InChI is InChI=1S/C70H75N5O5/c1-14-46(6)41-76-63-26-51-19-56(34-63)62(40-72)25-52-21-58(36-65(27-52)78-43-48(8)16-3)69(74-12)32-54-23-60(38-67(29-54)80-45-50(10)18-5)70(75-13)33-55-22-59(37-66(30-55)79-44-49(9)17-4)68(73-11)31-53-20-57(61(24-51)39-71)35-64(28-53)77-42-47(7)15-2/h19-38,46-50H,14-18,41-45H2,1-10H3/b61-24+,62-25?,68-31-,69-32-,70-33-/t46-,47-,48-,49-,50-/m0/s1. The molecule has 5 aromatic carbocycles. The van der Waals surface area contributed by atoms with Gasteiger partial charge in [-0.3, -0.25) is 0 Å². The van der Waals surface area contributed by atoms with Crippen LogP contribution >= 0.6 is 0 Å². The molecule has 5 aromatic rings. The topological polar surface area (TPSA) is 107 Å². The van der Waals surface area contributed by atoms with Gasteiger partial charge in [-0.05, 0) is 188 Å². The van der Waals surface area contributed by atoms with Gasteiger partial charge in [-0.25, -0.2) is 14.5 Å². The van der Waals surface area contributed by atoms with Crippen LogP contribution in [0.15, 0.2) is 91.0 Å². The highest BCUT2D eigenvalue weighted by Gasteiger charge is 2.17. The molecule has 0 saturated carbocycles. The van der Waals surface area contributed by atoms with E-state index in [0.717, 1.165) is 32.1 Å². The van der Waals surface area contributed by atoms with Gasteiger partial charge in [0.1, 0.15) is 28.7 Å². The van der Waals surface area contributed by atoms with Crippen LogP contribution in [0.25, 0.3) is 73.2 Å². The third-order valence-corrected chi connectivity index (χ3v) is 14.4. The molecule has 0 aromatic heterocycles. The Bertz CT molecular complexity index is 2860. The molecule has 0 amide bonds. The first-order valence-corrected chi connectivity index (χ1v) is 28.1. The molecule has 0 fully saturated rings. The highest BCUT2D eigenvalue weighted by Crippen LogP contribution is 2.36. The van der Waals surface area contributed by atoms with Crippen LogP contribution in [0.1, 0.15) is 157 Å². The first-order chi connectivity index (χ1) is 38.6. The number of rotatable bonds is 20. The zero-order valence-corrected chi connectivity index (χ0v) is 48.3. The summed E-state index contributed by atoms with van der Waals surface area (Å²) in [4.78, 5) is 12.2. The average molecular weight is 1070 g/mol. The van der Waals surface area contributed by atoms with Gasteiger partial charge in [0.2, 0.25) is 0 Å². The van der Waals surface area contributed by atoms with Crippen LogP contribution in [0, 0.1) is 72.0 Å². The molecule has 10 nitrogen and oxygen atoms in total. The van der Waals surface area contributed by atoms with Gasteiger partial charge in [0.15, 0.2) is 17.1 Å². The summed E-state index contributed by atoms with van der Waals surface area (Å²) in [6.45, 7) is 49.2. The Labute approximate surface area is 476 Å². The first kappa shape index (κ1) is 60.5.